The average Bonchev–Trinajstić information content (AvgIpc) is 2.80. The predicted molar refractivity (Wildman–Crippen MR) is 70.8 cm³/mol. The minimum Gasteiger partial charge on any atom is -0.393 e. The van der Waals surface area contributed by atoms with E-state index in [-0.39, 0.29) is 6.10 Å². The highest BCUT2D eigenvalue weighted by Crippen LogP contribution is 2.30. The molecule has 1 N–H and O–H groups in total. The van der Waals surface area contributed by atoms with Crippen LogP contribution >= 0.6 is 0 Å². The van der Waals surface area contributed by atoms with Gasteiger partial charge >= 0.3 is 6.18 Å². The molecule has 1 aromatic heterocycles. The van der Waals surface area contributed by atoms with Crippen molar-refractivity contribution in [1.29, 1.82) is 0 Å². The second-order valence-electron chi connectivity index (χ2n) is 5.34. The molecule has 3 rings (SSSR count). The Kier molecular flexibility index (Phi) is 3.49. The van der Waals surface area contributed by atoms with Gasteiger partial charge in [0.25, 0.3) is 0 Å². The van der Waals surface area contributed by atoms with Crippen LogP contribution in [0.5, 0.6) is 0 Å². The Morgan fingerprint density at radius 1 is 1.33 bits per heavy atom. The number of hydrogen-bond donors (Lipinski definition) is 1. The zero-order valence-electron chi connectivity index (χ0n) is 11.3. The van der Waals surface area contributed by atoms with Gasteiger partial charge in [-0.1, -0.05) is 18.2 Å². The van der Waals surface area contributed by atoms with E-state index in [2.05, 4.69) is 4.98 Å². The molecule has 1 aliphatic heterocycles. The van der Waals surface area contributed by atoms with Gasteiger partial charge in [0.05, 0.1) is 11.7 Å². The first-order chi connectivity index (χ1) is 9.93. The fourth-order valence-corrected chi connectivity index (χ4v) is 2.69. The Hall–Kier alpha value is -1.82. The summed E-state index contributed by atoms with van der Waals surface area (Å²) in [6.07, 6.45) is -1.41. The Labute approximate surface area is 120 Å². The van der Waals surface area contributed by atoms with Crippen molar-refractivity contribution in [2.45, 2.75) is 38.1 Å². The maximum absolute atomic E-state index is 12.7. The van der Waals surface area contributed by atoms with Crippen LogP contribution in [-0.2, 0) is 25.6 Å². The summed E-state index contributed by atoms with van der Waals surface area (Å²) in [6, 6.07) is 5.33. The lowest BCUT2D eigenvalue weighted by molar-refractivity contribution is -0.137. The number of halogens is 3. The number of aliphatic hydroxyl groups excluding tert-OH is 1. The number of alkyl halides is 3. The fourth-order valence-electron chi connectivity index (χ4n) is 2.69. The molecule has 1 aromatic carbocycles. The van der Waals surface area contributed by atoms with E-state index >= 15 is 0 Å². The van der Waals surface area contributed by atoms with Crippen LogP contribution in [0.4, 0.5) is 13.2 Å². The number of aromatic nitrogens is 2. The first-order valence-corrected chi connectivity index (χ1v) is 6.81. The van der Waals surface area contributed by atoms with Crippen LogP contribution in [0.3, 0.4) is 0 Å². The largest absolute Gasteiger partial charge is 0.416 e. The number of fused-ring (bicyclic) bond motifs is 1. The highest BCUT2D eigenvalue weighted by molar-refractivity contribution is 5.28. The maximum Gasteiger partial charge on any atom is 0.416 e. The predicted octanol–water partition coefficient (Wildman–Crippen LogP) is 2.80. The summed E-state index contributed by atoms with van der Waals surface area (Å²) in [5, 5.41) is 9.61. The lowest BCUT2D eigenvalue weighted by Gasteiger charge is -2.21. The number of nitrogens with zero attached hydrogens (tertiary/aromatic N) is 2. The van der Waals surface area contributed by atoms with E-state index in [4.69, 9.17) is 0 Å². The third-order valence-electron chi connectivity index (χ3n) is 3.77. The normalized spacial score (nSPS) is 18.6. The monoisotopic (exact) mass is 296 g/mol. The third kappa shape index (κ3) is 2.95. The van der Waals surface area contributed by atoms with Gasteiger partial charge in [0.2, 0.25) is 0 Å². The molecular weight excluding hydrogens is 281 g/mol. The highest BCUT2D eigenvalue weighted by atomic mass is 19.4. The van der Waals surface area contributed by atoms with Gasteiger partial charge in [-0.05, 0) is 18.1 Å². The molecule has 0 bridgehead atoms. The van der Waals surface area contributed by atoms with Crippen molar-refractivity contribution in [2.75, 3.05) is 0 Å². The summed E-state index contributed by atoms with van der Waals surface area (Å²) in [4.78, 5) is 4.29. The molecule has 0 amide bonds. The summed E-state index contributed by atoms with van der Waals surface area (Å²) in [5.41, 5.74) is 0.890. The molecule has 1 atom stereocenters. The molecule has 0 saturated carbocycles. The van der Waals surface area contributed by atoms with Crippen LogP contribution in [0.2, 0.25) is 0 Å². The number of benzene rings is 1. The Balaban J connectivity index is 1.85. The van der Waals surface area contributed by atoms with Crippen molar-refractivity contribution in [3.8, 4) is 0 Å². The van der Waals surface area contributed by atoms with Gasteiger partial charge in [0.15, 0.2) is 0 Å². The Bertz CT molecular complexity index is 649. The van der Waals surface area contributed by atoms with Gasteiger partial charge in [-0.25, -0.2) is 4.98 Å². The van der Waals surface area contributed by atoms with Crippen molar-refractivity contribution >= 4 is 0 Å². The lowest BCUT2D eigenvalue weighted by Crippen LogP contribution is -2.23. The molecule has 0 spiro atoms. The van der Waals surface area contributed by atoms with Gasteiger partial charge < -0.3 is 9.67 Å². The molecule has 1 aliphatic rings. The van der Waals surface area contributed by atoms with Crippen LogP contribution in [0.1, 0.15) is 29.1 Å². The second kappa shape index (κ2) is 5.18. The molecule has 21 heavy (non-hydrogen) atoms. The molecule has 0 fully saturated rings. The molecule has 3 nitrogen and oxygen atoms in total. The van der Waals surface area contributed by atoms with Crippen molar-refractivity contribution < 1.29 is 18.3 Å². The SMILES string of the molecule is OC1CCn2c(cnc2Cc2cccc(C(F)(F)F)c2)C1. The van der Waals surface area contributed by atoms with Crippen molar-refractivity contribution in [3.63, 3.8) is 0 Å². The van der Waals surface area contributed by atoms with Crippen LogP contribution < -0.4 is 0 Å². The zero-order chi connectivity index (χ0) is 15.0. The fraction of sp³-hybridized carbons (Fsp3) is 0.400. The third-order valence-corrected chi connectivity index (χ3v) is 3.77. The molecule has 2 aromatic rings. The van der Waals surface area contributed by atoms with E-state index in [1.165, 1.54) is 12.1 Å². The summed E-state index contributed by atoms with van der Waals surface area (Å²) < 4.78 is 40.1. The zero-order valence-corrected chi connectivity index (χ0v) is 11.3. The molecule has 112 valence electrons. The van der Waals surface area contributed by atoms with E-state index in [0.29, 0.717) is 31.4 Å². The number of aliphatic hydroxyl groups is 1. The summed E-state index contributed by atoms with van der Waals surface area (Å²) >= 11 is 0. The topological polar surface area (TPSA) is 38.0 Å². The number of imidazole rings is 1. The van der Waals surface area contributed by atoms with Gasteiger partial charge in [-0.2, -0.15) is 13.2 Å². The second-order valence-corrected chi connectivity index (χ2v) is 5.34. The minimum absolute atomic E-state index is 0.351. The quantitative estimate of drug-likeness (QED) is 0.925. The molecule has 0 aliphatic carbocycles. The van der Waals surface area contributed by atoms with Crippen LogP contribution in [0.15, 0.2) is 30.5 Å². The van der Waals surface area contributed by atoms with E-state index in [1.807, 2.05) is 4.57 Å². The lowest BCUT2D eigenvalue weighted by atomic mass is 10.1. The van der Waals surface area contributed by atoms with Gasteiger partial charge in [0, 0.05) is 31.3 Å². The minimum atomic E-state index is -4.33. The summed E-state index contributed by atoms with van der Waals surface area (Å²) in [5.74, 6) is 0.747. The summed E-state index contributed by atoms with van der Waals surface area (Å²) in [6.45, 7) is 0.658. The van der Waals surface area contributed by atoms with Crippen molar-refractivity contribution in [1.82, 2.24) is 9.55 Å². The standard InChI is InChI=1S/C15H15F3N2O/c16-15(17,18)11-3-1-2-10(6-11)7-14-19-9-12-8-13(21)4-5-20(12)14/h1-3,6,9,13,21H,4-5,7-8H2. The number of hydrogen-bond acceptors (Lipinski definition) is 2. The van der Waals surface area contributed by atoms with E-state index in [9.17, 15) is 18.3 Å². The van der Waals surface area contributed by atoms with E-state index < -0.39 is 11.7 Å². The Morgan fingerprint density at radius 2 is 2.14 bits per heavy atom. The van der Waals surface area contributed by atoms with E-state index in [0.717, 1.165) is 17.6 Å². The van der Waals surface area contributed by atoms with Crippen LogP contribution in [-0.4, -0.2) is 20.8 Å². The summed E-state index contributed by atoms with van der Waals surface area (Å²) in [7, 11) is 0. The van der Waals surface area contributed by atoms with Crippen LogP contribution in [0, 0.1) is 0 Å². The molecule has 2 heterocycles. The van der Waals surface area contributed by atoms with Gasteiger partial charge in [0.1, 0.15) is 5.82 Å². The highest BCUT2D eigenvalue weighted by Gasteiger charge is 2.30. The smallest absolute Gasteiger partial charge is 0.393 e. The first-order valence-electron chi connectivity index (χ1n) is 6.81. The van der Waals surface area contributed by atoms with Gasteiger partial charge in [-0.3, -0.25) is 0 Å². The van der Waals surface area contributed by atoms with Crippen LogP contribution in [0.25, 0.3) is 0 Å². The van der Waals surface area contributed by atoms with Gasteiger partial charge in [-0.15, -0.1) is 0 Å². The molecule has 0 radical (unpaired) electrons. The number of rotatable bonds is 2. The average molecular weight is 296 g/mol. The van der Waals surface area contributed by atoms with Crippen molar-refractivity contribution in [3.05, 3.63) is 53.1 Å². The molecule has 1 unspecified atom stereocenters. The first kappa shape index (κ1) is 14.1. The molecule has 0 saturated heterocycles. The van der Waals surface area contributed by atoms with Crippen molar-refractivity contribution in [2.24, 2.45) is 0 Å². The maximum atomic E-state index is 12.7. The Morgan fingerprint density at radius 3 is 2.90 bits per heavy atom. The molecular formula is C15H15F3N2O. The molecule has 6 heteroatoms. The van der Waals surface area contributed by atoms with E-state index in [1.54, 1.807) is 12.3 Å².